The Morgan fingerprint density at radius 1 is 1.12 bits per heavy atom. The Morgan fingerprint density at radius 3 is 2.33 bits per heavy atom. The third-order valence-corrected chi connectivity index (χ3v) is 4.37. The molecule has 1 aliphatic heterocycles. The largest absolute Gasteiger partial charge is 0.324 e. The fraction of sp³-hybridized carbons (Fsp3) is 0.353. The van der Waals surface area contributed by atoms with Crippen LogP contribution in [0.15, 0.2) is 30.4 Å². The molecule has 3 rings (SSSR count). The van der Waals surface area contributed by atoms with Gasteiger partial charge < -0.3 is 5.32 Å². The molecule has 1 aliphatic carbocycles. The SMILES string of the molecule is O=C(CCN1C(=O)[C@H]2CC=CC[C@H]2C1=O)Nc1ccc(F)cc1F. The monoisotopic (exact) mass is 334 g/mol. The van der Waals surface area contributed by atoms with Crippen molar-refractivity contribution in [3.63, 3.8) is 0 Å². The van der Waals surface area contributed by atoms with Crippen LogP contribution in [0.3, 0.4) is 0 Å². The van der Waals surface area contributed by atoms with Gasteiger partial charge in [0.25, 0.3) is 0 Å². The van der Waals surface area contributed by atoms with E-state index in [2.05, 4.69) is 5.32 Å². The molecule has 2 atom stereocenters. The van der Waals surface area contributed by atoms with Gasteiger partial charge in [-0.05, 0) is 25.0 Å². The lowest BCUT2D eigenvalue weighted by Gasteiger charge is -2.14. The zero-order valence-corrected chi connectivity index (χ0v) is 12.8. The van der Waals surface area contributed by atoms with Gasteiger partial charge in [0.2, 0.25) is 17.7 Å². The van der Waals surface area contributed by atoms with Crippen molar-refractivity contribution in [3.8, 4) is 0 Å². The number of halogens is 2. The lowest BCUT2D eigenvalue weighted by atomic mass is 9.85. The van der Waals surface area contributed by atoms with E-state index < -0.39 is 17.5 Å². The second-order valence-corrected chi connectivity index (χ2v) is 5.91. The minimum absolute atomic E-state index is 0.0423. The molecule has 0 spiro atoms. The highest BCUT2D eigenvalue weighted by Crippen LogP contribution is 2.35. The lowest BCUT2D eigenvalue weighted by Crippen LogP contribution is -2.34. The molecule has 0 unspecified atom stereocenters. The number of carbonyl (C=O) groups is 3. The van der Waals surface area contributed by atoms with E-state index in [0.717, 1.165) is 17.0 Å². The third kappa shape index (κ3) is 3.06. The second-order valence-electron chi connectivity index (χ2n) is 5.91. The normalized spacial score (nSPS) is 22.7. The van der Waals surface area contributed by atoms with Crippen LogP contribution in [0.4, 0.5) is 14.5 Å². The highest BCUT2D eigenvalue weighted by atomic mass is 19.1. The first-order valence-electron chi connectivity index (χ1n) is 7.72. The Labute approximate surface area is 137 Å². The van der Waals surface area contributed by atoms with Crippen molar-refractivity contribution < 1.29 is 23.2 Å². The summed E-state index contributed by atoms with van der Waals surface area (Å²) in [6.45, 7) is -0.0423. The average Bonchev–Trinajstić information content (AvgIpc) is 2.80. The topological polar surface area (TPSA) is 66.5 Å². The number of amides is 3. The van der Waals surface area contributed by atoms with Crippen molar-refractivity contribution in [2.24, 2.45) is 11.8 Å². The van der Waals surface area contributed by atoms with E-state index in [4.69, 9.17) is 0 Å². The minimum Gasteiger partial charge on any atom is -0.324 e. The molecule has 0 radical (unpaired) electrons. The summed E-state index contributed by atoms with van der Waals surface area (Å²) in [7, 11) is 0. The van der Waals surface area contributed by atoms with E-state index in [-0.39, 0.29) is 42.3 Å². The molecule has 5 nitrogen and oxygen atoms in total. The highest BCUT2D eigenvalue weighted by Gasteiger charge is 2.46. The summed E-state index contributed by atoms with van der Waals surface area (Å²) in [6, 6.07) is 2.82. The van der Waals surface area contributed by atoms with Crippen molar-refractivity contribution in [2.75, 3.05) is 11.9 Å². The van der Waals surface area contributed by atoms with Gasteiger partial charge in [0.15, 0.2) is 0 Å². The third-order valence-electron chi connectivity index (χ3n) is 4.37. The van der Waals surface area contributed by atoms with Crippen LogP contribution in [-0.2, 0) is 14.4 Å². The van der Waals surface area contributed by atoms with Gasteiger partial charge in [-0.1, -0.05) is 12.2 Å². The van der Waals surface area contributed by atoms with Gasteiger partial charge in [-0.3, -0.25) is 19.3 Å². The number of carbonyl (C=O) groups excluding carboxylic acids is 3. The number of likely N-dealkylation sites (tertiary alicyclic amines) is 1. The van der Waals surface area contributed by atoms with Crippen LogP contribution >= 0.6 is 0 Å². The number of allylic oxidation sites excluding steroid dienone is 2. The quantitative estimate of drug-likeness (QED) is 0.678. The van der Waals surface area contributed by atoms with E-state index in [0.29, 0.717) is 18.9 Å². The molecule has 1 saturated heterocycles. The number of nitrogens with one attached hydrogen (secondary N) is 1. The van der Waals surface area contributed by atoms with Crippen molar-refractivity contribution in [1.29, 1.82) is 0 Å². The molecule has 1 aromatic rings. The van der Waals surface area contributed by atoms with E-state index >= 15 is 0 Å². The predicted molar refractivity (Wildman–Crippen MR) is 81.7 cm³/mol. The number of fused-ring (bicyclic) bond motifs is 1. The van der Waals surface area contributed by atoms with Crippen LogP contribution in [0.25, 0.3) is 0 Å². The molecule has 1 fully saturated rings. The first-order valence-corrected chi connectivity index (χ1v) is 7.72. The number of hydrogen-bond acceptors (Lipinski definition) is 3. The summed E-state index contributed by atoms with van der Waals surface area (Å²) >= 11 is 0. The predicted octanol–water partition coefficient (Wildman–Crippen LogP) is 2.24. The molecule has 24 heavy (non-hydrogen) atoms. The maximum atomic E-state index is 13.5. The van der Waals surface area contributed by atoms with Gasteiger partial charge >= 0.3 is 0 Å². The fourth-order valence-corrected chi connectivity index (χ4v) is 3.11. The maximum Gasteiger partial charge on any atom is 0.233 e. The van der Waals surface area contributed by atoms with Gasteiger partial charge in [0, 0.05) is 19.0 Å². The molecule has 0 aromatic heterocycles. The molecule has 126 valence electrons. The van der Waals surface area contributed by atoms with Crippen LogP contribution in [-0.4, -0.2) is 29.2 Å². The molecule has 1 N–H and O–H groups in total. The average molecular weight is 334 g/mol. The Kier molecular flexibility index (Phi) is 4.42. The van der Waals surface area contributed by atoms with Crippen LogP contribution in [0, 0.1) is 23.5 Å². The number of hydrogen-bond donors (Lipinski definition) is 1. The number of nitrogens with zero attached hydrogens (tertiary/aromatic N) is 1. The number of benzene rings is 1. The molecule has 1 aromatic carbocycles. The van der Waals surface area contributed by atoms with E-state index in [1.807, 2.05) is 12.2 Å². The second kappa shape index (κ2) is 6.51. The molecule has 3 amide bonds. The van der Waals surface area contributed by atoms with E-state index in [1.54, 1.807) is 0 Å². The lowest BCUT2D eigenvalue weighted by molar-refractivity contribution is -0.140. The Hall–Kier alpha value is -2.57. The summed E-state index contributed by atoms with van der Waals surface area (Å²) < 4.78 is 26.3. The van der Waals surface area contributed by atoms with Gasteiger partial charge in [0.1, 0.15) is 11.6 Å². The van der Waals surface area contributed by atoms with Gasteiger partial charge in [-0.2, -0.15) is 0 Å². The fourth-order valence-electron chi connectivity index (χ4n) is 3.11. The van der Waals surface area contributed by atoms with Gasteiger partial charge in [0.05, 0.1) is 17.5 Å². The van der Waals surface area contributed by atoms with Crippen molar-refractivity contribution in [2.45, 2.75) is 19.3 Å². The maximum absolute atomic E-state index is 13.5. The van der Waals surface area contributed by atoms with Crippen LogP contribution in [0.2, 0.25) is 0 Å². The number of imide groups is 1. The van der Waals surface area contributed by atoms with Crippen LogP contribution < -0.4 is 5.32 Å². The Bertz CT molecular complexity index is 707. The molecule has 0 bridgehead atoms. The Balaban J connectivity index is 1.58. The molecular formula is C17H16F2N2O3. The first-order chi connectivity index (χ1) is 11.5. The zero-order chi connectivity index (χ0) is 17.3. The summed E-state index contributed by atoms with van der Waals surface area (Å²) in [5.41, 5.74) is -0.140. The first kappa shape index (κ1) is 16.3. The van der Waals surface area contributed by atoms with Crippen molar-refractivity contribution in [3.05, 3.63) is 42.0 Å². The standard InChI is InChI=1S/C17H16F2N2O3/c18-10-5-6-14(13(19)9-10)20-15(22)7-8-21-16(23)11-3-1-2-4-12(11)17(21)24/h1-2,5-6,9,11-12H,3-4,7-8H2,(H,20,22)/t11-,12+. The van der Waals surface area contributed by atoms with Crippen LogP contribution in [0.5, 0.6) is 0 Å². The van der Waals surface area contributed by atoms with Crippen molar-refractivity contribution >= 4 is 23.4 Å². The number of rotatable bonds is 4. The summed E-state index contributed by atoms with van der Waals surface area (Å²) in [5, 5.41) is 2.31. The zero-order valence-electron chi connectivity index (χ0n) is 12.8. The minimum atomic E-state index is -0.881. The van der Waals surface area contributed by atoms with Crippen molar-refractivity contribution in [1.82, 2.24) is 4.90 Å². The molecule has 1 heterocycles. The van der Waals surface area contributed by atoms with E-state index in [1.165, 1.54) is 0 Å². The smallest absolute Gasteiger partial charge is 0.233 e. The molecular weight excluding hydrogens is 318 g/mol. The van der Waals surface area contributed by atoms with Crippen LogP contribution in [0.1, 0.15) is 19.3 Å². The highest BCUT2D eigenvalue weighted by molar-refractivity contribution is 6.05. The molecule has 2 aliphatic rings. The Morgan fingerprint density at radius 2 is 1.75 bits per heavy atom. The molecule has 0 saturated carbocycles. The van der Waals surface area contributed by atoms with E-state index in [9.17, 15) is 23.2 Å². The van der Waals surface area contributed by atoms with Gasteiger partial charge in [-0.25, -0.2) is 8.78 Å². The van der Waals surface area contributed by atoms with Gasteiger partial charge in [-0.15, -0.1) is 0 Å². The summed E-state index contributed by atoms with van der Waals surface area (Å²) in [5.74, 6) is -3.34. The molecule has 7 heteroatoms. The number of anilines is 1. The summed E-state index contributed by atoms with van der Waals surface area (Å²) in [6.07, 6.45) is 4.72. The summed E-state index contributed by atoms with van der Waals surface area (Å²) in [4.78, 5) is 37.5.